The molecule has 0 radical (unpaired) electrons. The van der Waals surface area contributed by atoms with Crippen molar-refractivity contribution in [1.82, 2.24) is 14.5 Å². The number of aliphatic hydroxyl groups is 1. The monoisotopic (exact) mass is 213 g/mol. The molecule has 0 spiro atoms. The minimum Gasteiger partial charge on any atom is -0.387 e. The highest BCUT2D eigenvalue weighted by molar-refractivity contribution is 7.05. The van der Waals surface area contributed by atoms with E-state index in [4.69, 9.17) is 0 Å². The first-order chi connectivity index (χ1) is 6.60. The van der Waals surface area contributed by atoms with Crippen LogP contribution in [0.4, 0.5) is 0 Å². The molecule has 1 N–H and O–H groups in total. The van der Waals surface area contributed by atoms with Gasteiger partial charge in [0.2, 0.25) is 0 Å². The first kappa shape index (κ1) is 10.0. The average molecular weight is 213 g/mol. The van der Waals surface area contributed by atoms with Gasteiger partial charge in [0.05, 0.1) is 16.7 Å². The van der Waals surface area contributed by atoms with Gasteiger partial charge in [-0.15, -0.1) is 5.10 Å². The molecule has 0 aliphatic carbocycles. The predicted octanol–water partition coefficient (Wildman–Crippen LogP) is 0.741. The summed E-state index contributed by atoms with van der Waals surface area (Å²) in [6.07, 6.45) is 1.79. The largest absolute Gasteiger partial charge is 0.387 e. The molecule has 1 aliphatic heterocycles. The highest BCUT2D eigenvalue weighted by Gasteiger charge is 2.43. The van der Waals surface area contributed by atoms with Crippen molar-refractivity contribution < 1.29 is 5.11 Å². The molecule has 1 aromatic heterocycles. The van der Waals surface area contributed by atoms with Gasteiger partial charge in [-0.05, 0) is 17.5 Å². The first-order valence-electron chi connectivity index (χ1n) is 4.81. The molecular formula is C9H15N3OS. The Morgan fingerprint density at radius 1 is 1.64 bits per heavy atom. The third kappa shape index (κ3) is 1.80. The second kappa shape index (κ2) is 3.56. The zero-order chi connectivity index (χ0) is 10.2. The molecule has 0 unspecified atom stereocenters. The molecule has 2 rings (SSSR count). The number of hydrogen-bond acceptors (Lipinski definition) is 5. The number of aromatic nitrogens is 2. The molecule has 0 saturated carbocycles. The fraction of sp³-hybridized carbons (Fsp3) is 0.778. The van der Waals surface area contributed by atoms with Crippen LogP contribution in [0.25, 0.3) is 0 Å². The van der Waals surface area contributed by atoms with Gasteiger partial charge in [0, 0.05) is 19.6 Å². The lowest BCUT2D eigenvalue weighted by molar-refractivity contribution is -0.130. The van der Waals surface area contributed by atoms with Gasteiger partial charge in [-0.3, -0.25) is 4.90 Å². The second-order valence-electron chi connectivity index (χ2n) is 4.29. The first-order valence-corrected chi connectivity index (χ1v) is 5.58. The van der Waals surface area contributed by atoms with Gasteiger partial charge in [0.1, 0.15) is 0 Å². The zero-order valence-corrected chi connectivity index (χ0v) is 9.29. The van der Waals surface area contributed by atoms with Gasteiger partial charge in [-0.1, -0.05) is 18.3 Å². The molecule has 0 aromatic carbocycles. The van der Waals surface area contributed by atoms with Gasteiger partial charge in [-0.2, -0.15) is 0 Å². The standard InChI is InChI=1S/C9H15N3OS/c1-7(2)9(13)5-12(6-9)4-8-3-10-11-14-8/h3,7,13H,4-6H2,1-2H3. The summed E-state index contributed by atoms with van der Waals surface area (Å²) in [4.78, 5) is 3.38. The van der Waals surface area contributed by atoms with Crippen LogP contribution in [-0.4, -0.2) is 38.3 Å². The molecule has 1 fully saturated rings. The number of nitrogens with zero attached hydrogens (tertiary/aromatic N) is 3. The Hall–Kier alpha value is -0.520. The zero-order valence-electron chi connectivity index (χ0n) is 8.47. The van der Waals surface area contributed by atoms with E-state index in [2.05, 4.69) is 28.3 Å². The van der Waals surface area contributed by atoms with Crippen molar-refractivity contribution in [2.45, 2.75) is 26.0 Å². The number of hydrogen-bond donors (Lipinski definition) is 1. The summed E-state index contributed by atoms with van der Waals surface area (Å²) in [5.74, 6) is 0.332. The van der Waals surface area contributed by atoms with E-state index in [1.54, 1.807) is 6.20 Å². The quantitative estimate of drug-likeness (QED) is 0.804. The maximum atomic E-state index is 10.0. The van der Waals surface area contributed by atoms with Crippen LogP contribution in [0, 0.1) is 5.92 Å². The van der Waals surface area contributed by atoms with Gasteiger partial charge in [-0.25, -0.2) is 0 Å². The Bertz CT molecular complexity index is 293. The third-order valence-electron chi connectivity index (χ3n) is 2.86. The van der Waals surface area contributed by atoms with E-state index in [1.807, 2.05) is 0 Å². The van der Waals surface area contributed by atoms with Crippen molar-refractivity contribution >= 4 is 11.5 Å². The smallest absolute Gasteiger partial charge is 0.0923 e. The molecular weight excluding hydrogens is 198 g/mol. The molecule has 1 aliphatic rings. The summed E-state index contributed by atoms with van der Waals surface area (Å²) in [5.41, 5.74) is -0.474. The molecule has 0 atom stereocenters. The molecule has 4 nitrogen and oxygen atoms in total. The molecule has 0 amide bonds. The Morgan fingerprint density at radius 2 is 2.36 bits per heavy atom. The summed E-state index contributed by atoms with van der Waals surface area (Å²) in [6.45, 7) is 6.52. The lowest BCUT2D eigenvalue weighted by atomic mass is 9.83. The Morgan fingerprint density at radius 3 is 2.86 bits per heavy atom. The normalized spacial score (nSPS) is 21.1. The van der Waals surface area contributed by atoms with Crippen LogP contribution in [0.15, 0.2) is 6.20 Å². The van der Waals surface area contributed by atoms with E-state index in [-0.39, 0.29) is 0 Å². The molecule has 14 heavy (non-hydrogen) atoms. The Labute approximate surface area is 87.7 Å². The maximum Gasteiger partial charge on any atom is 0.0923 e. The number of β-amino-alcohol motifs (C(OH)–C–C–N with tert-alkyl or cyclic N) is 1. The van der Waals surface area contributed by atoms with E-state index in [1.165, 1.54) is 11.5 Å². The molecule has 1 aromatic rings. The fourth-order valence-electron chi connectivity index (χ4n) is 1.68. The SMILES string of the molecule is CC(C)C1(O)CN(Cc2cnns2)C1. The summed E-state index contributed by atoms with van der Waals surface area (Å²) in [7, 11) is 0. The number of rotatable bonds is 3. The van der Waals surface area contributed by atoms with E-state index < -0.39 is 5.60 Å². The summed E-state index contributed by atoms with van der Waals surface area (Å²) in [6, 6.07) is 0. The summed E-state index contributed by atoms with van der Waals surface area (Å²) in [5, 5.41) is 13.8. The van der Waals surface area contributed by atoms with E-state index in [0.29, 0.717) is 5.92 Å². The van der Waals surface area contributed by atoms with Crippen LogP contribution in [0.1, 0.15) is 18.7 Å². The molecule has 5 heteroatoms. The molecule has 2 heterocycles. The highest BCUT2D eigenvalue weighted by atomic mass is 32.1. The predicted molar refractivity (Wildman–Crippen MR) is 55.0 cm³/mol. The van der Waals surface area contributed by atoms with Gasteiger partial charge in [0.15, 0.2) is 0 Å². The molecule has 78 valence electrons. The van der Waals surface area contributed by atoms with Crippen molar-refractivity contribution in [2.24, 2.45) is 5.92 Å². The minimum absolute atomic E-state index is 0.332. The maximum absolute atomic E-state index is 10.0. The van der Waals surface area contributed by atoms with Crippen LogP contribution in [0.5, 0.6) is 0 Å². The third-order valence-corrected chi connectivity index (χ3v) is 3.50. The van der Waals surface area contributed by atoms with Gasteiger partial charge >= 0.3 is 0 Å². The highest BCUT2D eigenvalue weighted by Crippen LogP contribution is 2.29. The van der Waals surface area contributed by atoms with E-state index in [9.17, 15) is 5.11 Å². The van der Waals surface area contributed by atoms with E-state index in [0.717, 1.165) is 24.5 Å². The van der Waals surface area contributed by atoms with Gasteiger partial charge < -0.3 is 5.11 Å². The van der Waals surface area contributed by atoms with Crippen molar-refractivity contribution in [3.63, 3.8) is 0 Å². The summed E-state index contributed by atoms with van der Waals surface area (Å²) < 4.78 is 3.81. The fourth-order valence-corrected chi connectivity index (χ4v) is 2.22. The average Bonchev–Trinajstić information content (AvgIpc) is 2.53. The molecule has 0 bridgehead atoms. The number of likely N-dealkylation sites (tertiary alicyclic amines) is 1. The lowest BCUT2D eigenvalue weighted by Gasteiger charge is -2.48. The van der Waals surface area contributed by atoms with Crippen molar-refractivity contribution in [2.75, 3.05) is 13.1 Å². The van der Waals surface area contributed by atoms with Crippen molar-refractivity contribution in [3.8, 4) is 0 Å². The topological polar surface area (TPSA) is 49.2 Å². The second-order valence-corrected chi connectivity index (χ2v) is 5.16. The van der Waals surface area contributed by atoms with Crippen molar-refractivity contribution in [3.05, 3.63) is 11.1 Å². The van der Waals surface area contributed by atoms with Crippen LogP contribution < -0.4 is 0 Å². The van der Waals surface area contributed by atoms with Gasteiger partial charge in [0.25, 0.3) is 0 Å². The van der Waals surface area contributed by atoms with Crippen LogP contribution in [0.2, 0.25) is 0 Å². The van der Waals surface area contributed by atoms with Crippen LogP contribution in [0.3, 0.4) is 0 Å². The van der Waals surface area contributed by atoms with Crippen LogP contribution >= 0.6 is 11.5 Å². The Balaban J connectivity index is 1.84. The minimum atomic E-state index is -0.474. The Kier molecular flexibility index (Phi) is 2.55. The van der Waals surface area contributed by atoms with Crippen LogP contribution in [-0.2, 0) is 6.54 Å². The summed E-state index contributed by atoms with van der Waals surface area (Å²) >= 11 is 1.42. The lowest BCUT2D eigenvalue weighted by Crippen LogP contribution is -2.63. The van der Waals surface area contributed by atoms with Crippen molar-refractivity contribution in [1.29, 1.82) is 0 Å². The molecule has 1 saturated heterocycles. The van der Waals surface area contributed by atoms with E-state index >= 15 is 0 Å².